The summed E-state index contributed by atoms with van der Waals surface area (Å²) in [4.78, 5) is 25.6. The summed E-state index contributed by atoms with van der Waals surface area (Å²) in [6.07, 6.45) is 3.08. The summed E-state index contributed by atoms with van der Waals surface area (Å²) < 4.78 is 0. The Morgan fingerprint density at radius 1 is 1.14 bits per heavy atom. The molecule has 1 aliphatic rings. The van der Waals surface area contributed by atoms with Gasteiger partial charge in [-0.25, -0.2) is 0 Å². The normalized spacial score (nSPS) is 13.9. The van der Waals surface area contributed by atoms with E-state index < -0.39 is 0 Å². The van der Waals surface area contributed by atoms with Crippen LogP contribution in [0.15, 0.2) is 54.6 Å². The van der Waals surface area contributed by atoms with Crippen molar-refractivity contribution in [3.63, 3.8) is 0 Å². The first kappa shape index (κ1) is 14.4. The van der Waals surface area contributed by atoms with Crippen LogP contribution < -0.4 is 10.2 Å². The van der Waals surface area contributed by atoms with Crippen LogP contribution in [0.2, 0.25) is 5.02 Å². The van der Waals surface area contributed by atoms with Gasteiger partial charge in [-0.15, -0.1) is 0 Å². The van der Waals surface area contributed by atoms with Crippen LogP contribution in [-0.4, -0.2) is 18.4 Å². The molecule has 0 atom stereocenters. The van der Waals surface area contributed by atoms with Gasteiger partial charge in [-0.2, -0.15) is 0 Å². The maximum Gasteiger partial charge on any atom is 0.251 e. The van der Waals surface area contributed by atoms with Crippen LogP contribution in [0.3, 0.4) is 0 Å². The number of carbonyl (C=O) groups excluding carboxylic acids is 2. The van der Waals surface area contributed by atoms with Gasteiger partial charge >= 0.3 is 0 Å². The zero-order chi connectivity index (χ0) is 15.5. The van der Waals surface area contributed by atoms with Crippen molar-refractivity contribution >= 4 is 40.9 Å². The molecule has 0 saturated heterocycles. The van der Waals surface area contributed by atoms with E-state index in [-0.39, 0.29) is 18.4 Å². The third-order valence-electron chi connectivity index (χ3n) is 3.35. The monoisotopic (exact) mass is 312 g/mol. The highest BCUT2D eigenvalue weighted by molar-refractivity contribution is 6.32. The minimum Gasteiger partial charge on any atom is -0.323 e. The van der Waals surface area contributed by atoms with Crippen molar-refractivity contribution in [3.05, 3.63) is 65.2 Å². The average molecular weight is 313 g/mol. The summed E-state index contributed by atoms with van der Waals surface area (Å²) in [6.45, 7) is 0.00269. The van der Waals surface area contributed by atoms with Gasteiger partial charge in [0.25, 0.3) is 5.91 Å². The molecule has 2 amide bonds. The van der Waals surface area contributed by atoms with Crippen molar-refractivity contribution in [1.29, 1.82) is 0 Å². The van der Waals surface area contributed by atoms with Gasteiger partial charge in [0.1, 0.15) is 6.54 Å². The Morgan fingerprint density at radius 3 is 2.68 bits per heavy atom. The predicted octanol–water partition coefficient (Wildman–Crippen LogP) is 3.34. The Bertz CT molecular complexity index is 771. The van der Waals surface area contributed by atoms with Gasteiger partial charge in [0, 0.05) is 11.1 Å². The van der Waals surface area contributed by atoms with Gasteiger partial charge in [-0.1, -0.05) is 41.9 Å². The van der Waals surface area contributed by atoms with Crippen LogP contribution in [0.4, 0.5) is 11.4 Å². The Kier molecular flexibility index (Phi) is 3.94. The molecule has 2 aromatic rings. The number of rotatable bonds is 2. The minimum atomic E-state index is -0.262. The molecule has 1 heterocycles. The highest BCUT2D eigenvalue weighted by Crippen LogP contribution is 2.29. The summed E-state index contributed by atoms with van der Waals surface area (Å²) in [7, 11) is 0. The molecule has 22 heavy (non-hydrogen) atoms. The van der Waals surface area contributed by atoms with E-state index in [4.69, 9.17) is 11.6 Å². The number of carbonyl (C=O) groups is 2. The van der Waals surface area contributed by atoms with E-state index in [1.54, 1.807) is 24.3 Å². The van der Waals surface area contributed by atoms with Gasteiger partial charge < -0.3 is 5.32 Å². The average Bonchev–Trinajstić information content (AvgIpc) is 2.53. The molecular formula is C17H13ClN2O2. The molecule has 0 spiro atoms. The van der Waals surface area contributed by atoms with Gasteiger partial charge in [-0.05, 0) is 29.8 Å². The van der Waals surface area contributed by atoms with Crippen molar-refractivity contribution in [3.8, 4) is 0 Å². The molecule has 110 valence electrons. The van der Waals surface area contributed by atoms with Gasteiger partial charge in [0.15, 0.2) is 0 Å². The lowest BCUT2D eigenvalue weighted by Crippen LogP contribution is -2.41. The van der Waals surface area contributed by atoms with E-state index in [0.29, 0.717) is 16.4 Å². The second-order valence-corrected chi connectivity index (χ2v) is 5.25. The van der Waals surface area contributed by atoms with Crippen molar-refractivity contribution in [2.75, 3.05) is 16.8 Å². The van der Waals surface area contributed by atoms with Crippen LogP contribution in [0, 0.1) is 0 Å². The van der Waals surface area contributed by atoms with Gasteiger partial charge in [0.05, 0.1) is 11.4 Å². The highest BCUT2D eigenvalue weighted by Gasteiger charge is 2.25. The maximum absolute atomic E-state index is 12.4. The number of fused-ring (bicyclic) bond motifs is 1. The second-order valence-electron chi connectivity index (χ2n) is 4.84. The first-order valence-corrected chi connectivity index (χ1v) is 7.16. The molecule has 5 heteroatoms. The third kappa shape index (κ3) is 2.87. The predicted molar refractivity (Wildman–Crippen MR) is 87.9 cm³/mol. The maximum atomic E-state index is 12.4. The molecule has 1 N–H and O–H groups in total. The number of halogens is 1. The third-order valence-corrected chi connectivity index (χ3v) is 3.69. The largest absolute Gasteiger partial charge is 0.323 e. The second kappa shape index (κ2) is 6.03. The van der Waals surface area contributed by atoms with E-state index in [9.17, 15) is 9.59 Å². The van der Waals surface area contributed by atoms with Crippen LogP contribution in [0.1, 0.15) is 5.56 Å². The van der Waals surface area contributed by atoms with E-state index in [2.05, 4.69) is 5.32 Å². The lowest BCUT2D eigenvalue weighted by molar-refractivity contribution is -0.119. The lowest BCUT2D eigenvalue weighted by atomic mass is 10.1. The lowest BCUT2D eigenvalue weighted by Gasteiger charge is -2.28. The molecule has 2 aromatic carbocycles. The SMILES string of the molecule is O=C1CN(C(=O)/C=C/c2ccccc2Cl)c2ccccc2N1. The van der Waals surface area contributed by atoms with E-state index in [1.165, 1.54) is 11.0 Å². The standard InChI is InChI=1S/C17H13ClN2O2/c18-13-6-2-1-5-12(13)9-10-17(22)20-11-16(21)19-14-7-3-4-8-15(14)20/h1-10H,11H2,(H,19,21)/b10-9+. The van der Waals surface area contributed by atoms with Gasteiger partial charge in [-0.3, -0.25) is 14.5 Å². The molecular weight excluding hydrogens is 300 g/mol. The summed E-state index contributed by atoms with van der Waals surface area (Å²) >= 11 is 6.06. The zero-order valence-corrected chi connectivity index (χ0v) is 12.4. The molecule has 0 unspecified atom stereocenters. The Morgan fingerprint density at radius 2 is 1.86 bits per heavy atom. The van der Waals surface area contributed by atoms with Crippen LogP contribution in [-0.2, 0) is 9.59 Å². The summed E-state index contributed by atoms with van der Waals surface area (Å²) in [5.74, 6) is -0.472. The van der Waals surface area contributed by atoms with Crippen LogP contribution in [0.5, 0.6) is 0 Å². The number of amides is 2. The van der Waals surface area contributed by atoms with E-state index in [1.807, 2.05) is 30.3 Å². The number of hydrogen-bond donors (Lipinski definition) is 1. The molecule has 1 aliphatic heterocycles. The van der Waals surface area contributed by atoms with E-state index in [0.717, 1.165) is 5.56 Å². The number of benzene rings is 2. The number of anilines is 2. The number of para-hydroxylation sites is 2. The van der Waals surface area contributed by atoms with Crippen LogP contribution in [0.25, 0.3) is 6.08 Å². The zero-order valence-electron chi connectivity index (χ0n) is 11.6. The van der Waals surface area contributed by atoms with Crippen molar-refractivity contribution in [2.45, 2.75) is 0 Å². The van der Waals surface area contributed by atoms with Crippen molar-refractivity contribution in [1.82, 2.24) is 0 Å². The molecule has 4 nitrogen and oxygen atoms in total. The quantitative estimate of drug-likeness (QED) is 0.865. The van der Waals surface area contributed by atoms with Crippen molar-refractivity contribution < 1.29 is 9.59 Å². The molecule has 0 radical (unpaired) electrons. The van der Waals surface area contributed by atoms with Crippen LogP contribution >= 0.6 is 11.6 Å². The highest BCUT2D eigenvalue weighted by atomic mass is 35.5. The van der Waals surface area contributed by atoms with Crippen molar-refractivity contribution in [2.24, 2.45) is 0 Å². The molecule has 0 aliphatic carbocycles. The summed E-state index contributed by atoms with van der Waals surface area (Å²) in [6, 6.07) is 14.5. The van der Waals surface area contributed by atoms with Gasteiger partial charge in [0.2, 0.25) is 5.91 Å². The molecule has 0 fully saturated rings. The Hall–Kier alpha value is -2.59. The number of nitrogens with one attached hydrogen (secondary N) is 1. The topological polar surface area (TPSA) is 49.4 Å². The number of nitrogens with zero attached hydrogens (tertiary/aromatic N) is 1. The fourth-order valence-electron chi connectivity index (χ4n) is 2.29. The Balaban J connectivity index is 1.87. The summed E-state index contributed by atoms with van der Waals surface area (Å²) in [5.41, 5.74) is 2.08. The fourth-order valence-corrected chi connectivity index (χ4v) is 2.49. The molecule has 0 saturated carbocycles. The number of hydrogen-bond acceptors (Lipinski definition) is 2. The first-order chi connectivity index (χ1) is 10.6. The molecule has 3 rings (SSSR count). The smallest absolute Gasteiger partial charge is 0.251 e. The first-order valence-electron chi connectivity index (χ1n) is 6.78. The minimum absolute atomic E-state index is 0.00269. The summed E-state index contributed by atoms with van der Waals surface area (Å²) in [5, 5.41) is 3.32. The molecule has 0 bridgehead atoms. The Labute approximate surface area is 133 Å². The molecule has 0 aromatic heterocycles. The fraction of sp³-hybridized carbons (Fsp3) is 0.0588. The van der Waals surface area contributed by atoms with E-state index >= 15 is 0 Å².